The molecule has 82 valence electrons. The van der Waals surface area contributed by atoms with Gasteiger partial charge in [0.15, 0.2) is 27.6 Å². The first-order valence-electron chi connectivity index (χ1n) is 4.28. The van der Waals surface area contributed by atoms with Crippen molar-refractivity contribution in [3.05, 3.63) is 46.5 Å². The van der Waals surface area contributed by atoms with Crippen LogP contribution in [-0.4, -0.2) is 10.2 Å². The van der Waals surface area contributed by atoms with Crippen LogP contribution in [0.4, 0.5) is 4.39 Å². The highest BCUT2D eigenvalue weighted by Gasteiger charge is 2.09. The minimum absolute atomic E-state index is 0.0210. The summed E-state index contributed by atoms with van der Waals surface area (Å²) in [6.45, 7) is 0. The van der Waals surface area contributed by atoms with Crippen LogP contribution < -0.4 is 4.74 Å². The molecule has 0 aliphatic heterocycles. The first kappa shape index (κ1) is 11.1. The van der Waals surface area contributed by atoms with Crippen LogP contribution in [0.15, 0.2) is 30.3 Å². The lowest BCUT2D eigenvalue weighted by molar-refractivity contribution is 0.439. The zero-order chi connectivity index (χ0) is 11.5. The Morgan fingerprint density at radius 1 is 1.06 bits per heavy atom. The summed E-state index contributed by atoms with van der Waals surface area (Å²) in [5.41, 5.74) is 0. The molecular weight excluding hydrogens is 254 g/mol. The SMILES string of the molecule is Fc1ccccc1Oc1cc(Cl)nnc1Cl. The van der Waals surface area contributed by atoms with Crippen LogP contribution in [0, 0.1) is 5.82 Å². The maximum Gasteiger partial charge on any atom is 0.194 e. The Kier molecular flexibility index (Phi) is 3.22. The first-order valence-corrected chi connectivity index (χ1v) is 5.03. The van der Waals surface area contributed by atoms with Gasteiger partial charge in [0, 0.05) is 6.07 Å². The van der Waals surface area contributed by atoms with Gasteiger partial charge < -0.3 is 4.74 Å². The number of hydrogen-bond donors (Lipinski definition) is 0. The average Bonchev–Trinajstić information content (AvgIpc) is 2.27. The molecule has 0 bridgehead atoms. The third kappa shape index (κ3) is 2.40. The van der Waals surface area contributed by atoms with Crippen molar-refractivity contribution in [1.82, 2.24) is 10.2 Å². The minimum Gasteiger partial charge on any atom is -0.451 e. The van der Waals surface area contributed by atoms with E-state index in [0.717, 1.165) is 0 Å². The van der Waals surface area contributed by atoms with Gasteiger partial charge in [0.25, 0.3) is 0 Å². The maximum atomic E-state index is 13.3. The van der Waals surface area contributed by atoms with E-state index < -0.39 is 5.82 Å². The van der Waals surface area contributed by atoms with Gasteiger partial charge in [0.1, 0.15) is 0 Å². The van der Waals surface area contributed by atoms with Crippen LogP contribution in [0.25, 0.3) is 0 Å². The predicted molar refractivity (Wildman–Crippen MR) is 58.5 cm³/mol. The molecule has 6 heteroatoms. The zero-order valence-electron chi connectivity index (χ0n) is 7.82. The van der Waals surface area contributed by atoms with Crippen LogP contribution in [0.1, 0.15) is 0 Å². The van der Waals surface area contributed by atoms with Gasteiger partial charge in [-0.05, 0) is 12.1 Å². The molecule has 0 radical (unpaired) electrons. The molecule has 0 saturated carbocycles. The third-order valence-electron chi connectivity index (χ3n) is 1.74. The van der Waals surface area contributed by atoms with Crippen LogP contribution in [-0.2, 0) is 0 Å². The quantitative estimate of drug-likeness (QED) is 0.824. The molecule has 1 aromatic heterocycles. The van der Waals surface area contributed by atoms with E-state index in [-0.39, 0.29) is 21.8 Å². The summed E-state index contributed by atoms with van der Waals surface area (Å²) < 4.78 is 18.5. The van der Waals surface area contributed by atoms with Gasteiger partial charge >= 0.3 is 0 Å². The smallest absolute Gasteiger partial charge is 0.194 e. The highest BCUT2D eigenvalue weighted by atomic mass is 35.5. The van der Waals surface area contributed by atoms with Crippen molar-refractivity contribution >= 4 is 23.2 Å². The van der Waals surface area contributed by atoms with E-state index >= 15 is 0 Å². The molecule has 0 amide bonds. The number of nitrogens with zero attached hydrogens (tertiary/aromatic N) is 2. The number of rotatable bonds is 2. The molecule has 2 aromatic rings. The van der Waals surface area contributed by atoms with E-state index in [2.05, 4.69) is 10.2 Å². The number of ether oxygens (including phenoxy) is 1. The summed E-state index contributed by atoms with van der Waals surface area (Å²) in [4.78, 5) is 0. The highest BCUT2D eigenvalue weighted by Crippen LogP contribution is 2.29. The van der Waals surface area contributed by atoms with E-state index in [4.69, 9.17) is 27.9 Å². The summed E-state index contributed by atoms with van der Waals surface area (Å²) in [7, 11) is 0. The molecule has 2 rings (SSSR count). The molecule has 0 N–H and O–H groups in total. The van der Waals surface area contributed by atoms with E-state index in [0.29, 0.717) is 0 Å². The fourth-order valence-corrected chi connectivity index (χ4v) is 1.32. The van der Waals surface area contributed by atoms with Crippen molar-refractivity contribution in [2.75, 3.05) is 0 Å². The number of aromatic nitrogens is 2. The van der Waals surface area contributed by atoms with Gasteiger partial charge in [-0.3, -0.25) is 0 Å². The second-order valence-corrected chi connectivity index (χ2v) is 3.60. The van der Waals surface area contributed by atoms with E-state index in [1.807, 2.05) is 0 Å². The average molecular weight is 259 g/mol. The normalized spacial score (nSPS) is 10.2. The number of hydrogen-bond acceptors (Lipinski definition) is 3. The molecule has 1 aromatic carbocycles. The molecule has 0 unspecified atom stereocenters. The molecule has 0 atom stereocenters. The molecule has 0 fully saturated rings. The lowest BCUT2D eigenvalue weighted by Gasteiger charge is -2.06. The molecule has 16 heavy (non-hydrogen) atoms. The predicted octanol–water partition coefficient (Wildman–Crippen LogP) is 3.71. The molecule has 0 aliphatic rings. The molecule has 1 heterocycles. The molecule has 0 spiro atoms. The Morgan fingerprint density at radius 2 is 1.81 bits per heavy atom. The van der Waals surface area contributed by atoms with Gasteiger partial charge in [-0.1, -0.05) is 35.3 Å². The number of para-hydroxylation sites is 1. The number of benzene rings is 1. The Hall–Kier alpha value is -1.39. The van der Waals surface area contributed by atoms with Crippen molar-refractivity contribution in [2.24, 2.45) is 0 Å². The molecule has 3 nitrogen and oxygen atoms in total. The van der Waals surface area contributed by atoms with E-state index in [1.165, 1.54) is 18.2 Å². The molecule has 0 saturated heterocycles. The Morgan fingerprint density at radius 3 is 2.56 bits per heavy atom. The minimum atomic E-state index is -0.494. The largest absolute Gasteiger partial charge is 0.451 e. The second-order valence-electron chi connectivity index (χ2n) is 2.85. The van der Waals surface area contributed by atoms with Crippen molar-refractivity contribution in [3.63, 3.8) is 0 Å². The van der Waals surface area contributed by atoms with Gasteiger partial charge in [-0.2, -0.15) is 0 Å². The first-order chi connectivity index (χ1) is 7.66. The highest BCUT2D eigenvalue weighted by molar-refractivity contribution is 6.32. The zero-order valence-corrected chi connectivity index (χ0v) is 9.34. The van der Waals surface area contributed by atoms with Gasteiger partial charge in [0.2, 0.25) is 0 Å². The lowest BCUT2D eigenvalue weighted by atomic mass is 10.3. The third-order valence-corrected chi connectivity index (χ3v) is 2.19. The molecule has 0 aliphatic carbocycles. The fourth-order valence-electron chi connectivity index (χ4n) is 1.06. The van der Waals surface area contributed by atoms with Gasteiger partial charge in [-0.15, -0.1) is 10.2 Å². The second kappa shape index (κ2) is 4.63. The van der Waals surface area contributed by atoms with Gasteiger partial charge in [0.05, 0.1) is 0 Å². The van der Waals surface area contributed by atoms with E-state index in [1.54, 1.807) is 12.1 Å². The summed E-state index contributed by atoms with van der Waals surface area (Å²) in [5, 5.41) is 7.20. The van der Waals surface area contributed by atoms with Crippen LogP contribution >= 0.6 is 23.2 Å². The van der Waals surface area contributed by atoms with Crippen LogP contribution in [0.2, 0.25) is 10.3 Å². The maximum absolute atomic E-state index is 13.3. The van der Waals surface area contributed by atoms with Crippen molar-refractivity contribution in [1.29, 1.82) is 0 Å². The summed E-state index contributed by atoms with van der Waals surface area (Å²) in [5.74, 6) is -0.285. The Bertz CT molecular complexity index is 522. The van der Waals surface area contributed by atoms with Crippen LogP contribution in [0.5, 0.6) is 11.5 Å². The number of halogens is 3. The van der Waals surface area contributed by atoms with Gasteiger partial charge in [-0.25, -0.2) is 4.39 Å². The lowest BCUT2D eigenvalue weighted by Crippen LogP contribution is -1.92. The summed E-state index contributed by atoms with van der Waals surface area (Å²) in [6.07, 6.45) is 0. The monoisotopic (exact) mass is 258 g/mol. The Balaban J connectivity index is 2.34. The van der Waals surface area contributed by atoms with E-state index in [9.17, 15) is 4.39 Å². The fraction of sp³-hybridized carbons (Fsp3) is 0. The Labute approximate surface area is 101 Å². The van der Waals surface area contributed by atoms with Crippen molar-refractivity contribution in [3.8, 4) is 11.5 Å². The summed E-state index contributed by atoms with van der Waals surface area (Å²) in [6, 6.07) is 7.31. The summed E-state index contributed by atoms with van der Waals surface area (Å²) >= 11 is 11.3. The van der Waals surface area contributed by atoms with Crippen molar-refractivity contribution < 1.29 is 9.13 Å². The standard InChI is InChI=1S/C10H5Cl2FN2O/c11-9-5-8(10(12)15-14-9)16-7-4-2-1-3-6(7)13/h1-5H. The molecular formula is C10H5Cl2FN2O. The van der Waals surface area contributed by atoms with Crippen molar-refractivity contribution in [2.45, 2.75) is 0 Å². The topological polar surface area (TPSA) is 35.0 Å². The van der Waals surface area contributed by atoms with Crippen LogP contribution in [0.3, 0.4) is 0 Å².